The van der Waals surface area contributed by atoms with Gasteiger partial charge < -0.3 is 24.8 Å². The predicted molar refractivity (Wildman–Crippen MR) is 115 cm³/mol. The third-order valence-electron chi connectivity index (χ3n) is 5.39. The van der Waals surface area contributed by atoms with Crippen molar-refractivity contribution in [3.05, 3.63) is 124 Å². The van der Waals surface area contributed by atoms with Crippen LogP contribution in [0, 0.1) is 6.08 Å². The minimum absolute atomic E-state index is 0. The second-order valence-electron chi connectivity index (χ2n) is 6.97. The van der Waals surface area contributed by atoms with E-state index in [0.29, 0.717) is 0 Å². The Morgan fingerprint density at radius 1 is 0.800 bits per heavy atom. The quantitative estimate of drug-likeness (QED) is 0.530. The van der Waals surface area contributed by atoms with Crippen LogP contribution in [0.3, 0.4) is 0 Å². The van der Waals surface area contributed by atoms with E-state index in [1.165, 1.54) is 44.6 Å². The van der Waals surface area contributed by atoms with Crippen molar-refractivity contribution in [2.75, 3.05) is 0 Å². The fraction of sp³-hybridized carbons (Fsp3) is 0.185. The van der Waals surface area contributed by atoms with E-state index < -0.39 is 0 Å². The summed E-state index contributed by atoms with van der Waals surface area (Å²) in [6.45, 7) is 4.54. The van der Waals surface area contributed by atoms with Gasteiger partial charge in [0.25, 0.3) is 0 Å². The van der Waals surface area contributed by atoms with Crippen molar-refractivity contribution >= 4 is 5.57 Å². The summed E-state index contributed by atoms with van der Waals surface area (Å²) in [6, 6.07) is 21.5. The third-order valence-corrected chi connectivity index (χ3v) is 5.39. The van der Waals surface area contributed by atoms with Crippen LogP contribution in [-0.2, 0) is 26.2 Å². The fourth-order valence-electron chi connectivity index (χ4n) is 4.14. The van der Waals surface area contributed by atoms with Gasteiger partial charge in [0.15, 0.2) is 0 Å². The molecule has 0 fully saturated rings. The zero-order chi connectivity index (χ0) is 18.6. The number of benzene rings is 2. The minimum atomic E-state index is 0. The molecule has 0 spiro atoms. The Hall–Kier alpha value is -1.40. The molecule has 3 heteroatoms. The molecule has 2 aliphatic carbocycles. The molecule has 4 rings (SSSR count). The van der Waals surface area contributed by atoms with Crippen LogP contribution in [0.25, 0.3) is 5.57 Å². The number of hydrogen-bond acceptors (Lipinski definition) is 0. The van der Waals surface area contributed by atoms with Crippen molar-refractivity contribution in [3.8, 4) is 0 Å². The van der Waals surface area contributed by atoms with Crippen molar-refractivity contribution < 1.29 is 51.0 Å². The molecule has 0 saturated heterocycles. The Kier molecular flexibility index (Phi) is 11.1. The predicted octanol–water partition coefficient (Wildman–Crippen LogP) is 1.24. The first-order chi connectivity index (χ1) is 13.3. The maximum absolute atomic E-state index is 3.85. The maximum atomic E-state index is 3.85. The van der Waals surface area contributed by atoms with Crippen molar-refractivity contribution in [1.82, 2.24) is 0 Å². The largest absolute Gasteiger partial charge is 3.00 e. The molecule has 0 aromatic heterocycles. The Balaban J connectivity index is 0.00000150. The average Bonchev–Trinajstić information content (AvgIpc) is 3.37. The normalized spacial score (nSPS) is 14.4. The van der Waals surface area contributed by atoms with E-state index in [4.69, 9.17) is 0 Å². The zero-order valence-electron chi connectivity index (χ0n) is 17.4. The first kappa shape index (κ1) is 26.6. The van der Waals surface area contributed by atoms with Gasteiger partial charge in [-0.15, -0.1) is 33.9 Å². The number of halogens is 2. The van der Waals surface area contributed by atoms with Crippen LogP contribution in [-0.4, -0.2) is 0 Å². The van der Waals surface area contributed by atoms with Gasteiger partial charge >= 0.3 is 26.2 Å². The van der Waals surface area contributed by atoms with Gasteiger partial charge in [0.2, 0.25) is 0 Å². The molecular formula is C27H25Cl2Zr. The van der Waals surface area contributed by atoms with E-state index in [-0.39, 0.29) is 51.0 Å². The molecule has 0 nitrogen and oxygen atoms in total. The van der Waals surface area contributed by atoms with Gasteiger partial charge in [0, 0.05) is 0 Å². The van der Waals surface area contributed by atoms with E-state index in [1.54, 1.807) is 0 Å². The molecule has 0 atom stereocenters. The summed E-state index contributed by atoms with van der Waals surface area (Å²) < 4.78 is 0. The molecule has 1 radical (unpaired) electrons. The first-order valence-electron chi connectivity index (χ1n) is 9.91. The molecule has 0 N–H and O–H groups in total. The van der Waals surface area contributed by atoms with Crippen molar-refractivity contribution in [2.45, 2.75) is 33.1 Å². The Labute approximate surface area is 212 Å². The van der Waals surface area contributed by atoms with E-state index in [2.05, 4.69) is 98.8 Å². The van der Waals surface area contributed by atoms with Gasteiger partial charge in [-0.05, 0) is 6.42 Å². The molecule has 2 aromatic rings. The monoisotopic (exact) mass is 509 g/mol. The SMILES string of the molecule is CCC1=C(CC)C(=C(c2ccccc2)c2ccccc2)[C-]=C1C1=CC=CC1.[Cl-].[Cl-].[Zr+3]. The second-order valence-corrected chi connectivity index (χ2v) is 6.97. The second kappa shape index (κ2) is 12.5. The van der Waals surface area contributed by atoms with E-state index in [0.717, 1.165) is 19.3 Å². The van der Waals surface area contributed by atoms with Crippen LogP contribution in [0.2, 0.25) is 0 Å². The first-order valence-corrected chi connectivity index (χ1v) is 9.91. The molecule has 0 saturated carbocycles. The molecule has 0 unspecified atom stereocenters. The van der Waals surface area contributed by atoms with E-state index in [1.807, 2.05) is 0 Å². The number of rotatable bonds is 5. The summed E-state index contributed by atoms with van der Waals surface area (Å²) in [6.07, 6.45) is 13.6. The molecule has 0 amide bonds. The van der Waals surface area contributed by atoms with Gasteiger partial charge in [-0.2, -0.15) is 0 Å². The molecular weight excluding hydrogens is 486 g/mol. The fourth-order valence-corrected chi connectivity index (χ4v) is 4.14. The van der Waals surface area contributed by atoms with Crippen LogP contribution in [0.4, 0.5) is 0 Å². The summed E-state index contributed by atoms with van der Waals surface area (Å²) >= 11 is 0. The topological polar surface area (TPSA) is 0 Å². The molecule has 151 valence electrons. The molecule has 0 bridgehead atoms. The molecule has 0 heterocycles. The van der Waals surface area contributed by atoms with Crippen molar-refractivity contribution in [1.29, 1.82) is 0 Å². The van der Waals surface area contributed by atoms with E-state index in [9.17, 15) is 0 Å². The smallest absolute Gasteiger partial charge is 1.00 e. The van der Waals surface area contributed by atoms with Crippen molar-refractivity contribution in [2.24, 2.45) is 0 Å². The number of hydrogen-bond donors (Lipinski definition) is 0. The maximum Gasteiger partial charge on any atom is 3.00 e. The third kappa shape index (κ3) is 5.26. The molecule has 0 aliphatic heterocycles. The van der Waals surface area contributed by atoms with Gasteiger partial charge in [0.05, 0.1) is 0 Å². The van der Waals surface area contributed by atoms with Crippen molar-refractivity contribution in [3.63, 3.8) is 0 Å². The van der Waals surface area contributed by atoms with Crippen LogP contribution in [0.15, 0.2) is 107 Å². The van der Waals surface area contributed by atoms with Gasteiger partial charge in [-0.1, -0.05) is 122 Å². The number of allylic oxidation sites excluding steroid dienone is 9. The van der Waals surface area contributed by atoms with Crippen LogP contribution in [0.5, 0.6) is 0 Å². The summed E-state index contributed by atoms with van der Waals surface area (Å²) in [4.78, 5) is 0. The van der Waals surface area contributed by atoms with Crippen LogP contribution in [0.1, 0.15) is 44.2 Å². The average molecular weight is 512 g/mol. The van der Waals surface area contributed by atoms with Gasteiger partial charge in [0.1, 0.15) is 0 Å². The zero-order valence-corrected chi connectivity index (χ0v) is 21.4. The van der Waals surface area contributed by atoms with Gasteiger partial charge in [-0.25, -0.2) is 0 Å². The molecule has 30 heavy (non-hydrogen) atoms. The summed E-state index contributed by atoms with van der Waals surface area (Å²) in [5.41, 5.74) is 10.7. The standard InChI is InChI=1S/C27H25.2ClH.Zr/c1-3-23-24(4-2)26(19-25(23)20-13-11-12-14-20)27(21-15-7-5-8-16-21)22-17-9-6-10-18-22;;;/h5-13,15-18H,3-4,14H2,1-2H3;2*1H;/q-1;;;+3/p-2. The summed E-state index contributed by atoms with van der Waals surface area (Å²) in [7, 11) is 0. The Bertz CT molecular complexity index is 952. The molecule has 2 aromatic carbocycles. The van der Waals surface area contributed by atoms with Crippen LogP contribution >= 0.6 is 0 Å². The summed E-state index contributed by atoms with van der Waals surface area (Å²) in [5.74, 6) is 0. The van der Waals surface area contributed by atoms with E-state index >= 15 is 0 Å². The minimum Gasteiger partial charge on any atom is -1.00 e. The Morgan fingerprint density at radius 3 is 1.77 bits per heavy atom. The van der Waals surface area contributed by atoms with Gasteiger partial charge in [-0.3, -0.25) is 0 Å². The Morgan fingerprint density at radius 2 is 1.33 bits per heavy atom. The summed E-state index contributed by atoms with van der Waals surface area (Å²) in [5, 5.41) is 0. The van der Waals surface area contributed by atoms with Crippen LogP contribution < -0.4 is 24.8 Å². The molecule has 2 aliphatic rings.